The van der Waals surface area contributed by atoms with Crippen molar-refractivity contribution in [1.82, 2.24) is 4.98 Å². The van der Waals surface area contributed by atoms with Gasteiger partial charge in [0, 0.05) is 25.5 Å². The Hall–Kier alpha value is -2.83. The van der Waals surface area contributed by atoms with E-state index in [0.717, 1.165) is 20.1 Å². The zero-order chi connectivity index (χ0) is 22.8. The summed E-state index contributed by atoms with van der Waals surface area (Å²) in [4.78, 5) is 30.7. The fourth-order valence-electron chi connectivity index (χ4n) is 3.37. The lowest BCUT2D eigenvalue weighted by molar-refractivity contribution is 0.0320. The number of aromatic nitrogens is 1. The van der Waals surface area contributed by atoms with Crippen LogP contribution in [0.15, 0.2) is 81.7 Å². The number of carbonyl (C=O) groups is 2. The van der Waals surface area contributed by atoms with E-state index in [1.54, 1.807) is 25.1 Å². The fraction of sp³-hybridized carbons (Fsp3) is 0.115. The monoisotopic (exact) mass is 551 g/mol. The standard InChI is InChI=1S/C26H19Br2NO3/c1-15-3-5-18(6-4-15)25(30)16(2)32-26(31)22-14-24(17-7-9-19(27)10-8-17)29-23-12-11-20(28)13-21(22)23/h3-14,16H,1-2H3/t16-/m1/s1. The third kappa shape index (κ3) is 4.81. The molecule has 0 spiro atoms. The van der Waals surface area contributed by atoms with E-state index < -0.39 is 12.1 Å². The van der Waals surface area contributed by atoms with Crippen LogP contribution in [-0.2, 0) is 4.74 Å². The number of hydrogen-bond donors (Lipinski definition) is 0. The van der Waals surface area contributed by atoms with Gasteiger partial charge in [-0.15, -0.1) is 0 Å². The van der Waals surface area contributed by atoms with Crippen molar-refractivity contribution in [3.8, 4) is 11.3 Å². The lowest BCUT2D eigenvalue weighted by Gasteiger charge is -2.15. The molecule has 0 fully saturated rings. The molecule has 4 aromatic rings. The first-order chi connectivity index (χ1) is 15.3. The van der Waals surface area contributed by atoms with Gasteiger partial charge in [0.1, 0.15) is 0 Å². The molecular weight excluding hydrogens is 534 g/mol. The third-order valence-electron chi connectivity index (χ3n) is 5.12. The molecular formula is C26H19Br2NO3. The van der Waals surface area contributed by atoms with E-state index in [2.05, 4.69) is 31.9 Å². The van der Waals surface area contributed by atoms with Gasteiger partial charge in [-0.3, -0.25) is 4.79 Å². The maximum Gasteiger partial charge on any atom is 0.339 e. The number of ether oxygens (including phenoxy) is 1. The average Bonchev–Trinajstić information content (AvgIpc) is 2.78. The Morgan fingerprint density at radius 3 is 2.22 bits per heavy atom. The molecule has 0 amide bonds. The number of esters is 1. The van der Waals surface area contributed by atoms with Gasteiger partial charge in [-0.25, -0.2) is 9.78 Å². The average molecular weight is 553 g/mol. The van der Waals surface area contributed by atoms with Gasteiger partial charge in [-0.1, -0.05) is 73.8 Å². The van der Waals surface area contributed by atoms with Crippen LogP contribution in [0.3, 0.4) is 0 Å². The molecule has 32 heavy (non-hydrogen) atoms. The molecule has 0 unspecified atom stereocenters. The zero-order valence-electron chi connectivity index (χ0n) is 17.4. The number of carbonyl (C=O) groups excluding carboxylic acids is 2. The van der Waals surface area contributed by atoms with Crippen molar-refractivity contribution >= 4 is 54.5 Å². The van der Waals surface area contributed by atoms with Crippen LogP contribution in [0.25, 0.3) is 22.2 Å². The number of nitrogens with zero attached hydrogens (tertiary/aromatic N) is 1. The Morgan fingerprint density at radius 1 is 0.875 bits per heavy atom. The van der Waals surface area contributed by atoms with Gasteiger partial charge in [-0.2, -0.15) is 0 Å². The molecule has 0 N–H and O–H groups in total. The highest BCUT2D eigenvalue weighted by Gasteiger charge is 2.23. The fourth-order valence-corrected chi connectivity index (χ4v) is 3.99. The number of rotatable bonds is 5. The summed E-state index contributed by atoms with van der Waals surface area (Å²) < 4.78 is 7.37. The third-order valence-corrected chi connectivity index (χ3v) is 6.14. The van der Waals surface area contributed by atoms with Gasteiger partial charge in [0.2, 0.25) is 5.78 Å². The van der Waals surface area contributed by atoms with Crippen LogP contribution in [-0.4, -0.2) is 22.8 Å². The van der Waals surface area contributed by atoms with Crippen LogP contribution in [0, 0.1) is 6.92 Å². The quantitative estimate of drug-likeness (QED) is 0.194. The maximum atomic E-state index is 13.2. The first-order valence-electron chi connectivity index (χ1n) is 10.00. The highest BCUT2D eigenvalue weighted by Crippen LogP contribution is 2.29. The van der Waals surface area contributed by atoms with Gasteiger partial charge >= 0.3 is 5.97 Å². The molecule has 0 saturated heterocycles. The van der Waals surface area contributed by atoms with Crippen molar-refractivity contribution < 1.29 is 14.3 Å². The highest BCUT2D eigenvalue weighted by atomic mass is 79.9. The first kappa shape index (κ1) is 22.4. The molecule has 1 atom stereocenters. The molecule has 160 valence electrons. The highest BCUT2D eigenvalue weighted by molar-refractivity contribution is 9.10. The Bertz CT molecular complexity index is 1320. The van der Waals surface area contributed by atoms with Gasteiger partial charge in [-0.05, 0) is 50.2 Å². The Labute approximate surface area is 202 Å². The number of benzene rings is 3. The van der Waals surface area contributed by atoms with Gasteiger partial charge in [0.15, 0.2) is 6.10 Å². The normalized spacial score (nSPS) is 11.9. The van der Waals surface area contributed by atoms with Crippen LogP contribution in [0.2, 0.25) is 0 Å². The number of halogens is 2. The number of ketones is 1. The van der Waals surface area contributed by atoms with E-state index in [-0.39, 0.29) is 5.78 Å². The number of aryl methyl sites for hydroxylation is 1. The van der Waals surface area contributed by atoms with Crippen molar-refractivity contribution in [3.63, 3.8) is 0 Å². The Kier molecular flexibility index (Phi) is 6.53. The number of hydrogen-bond acceptors (Lipinski definition) is 4. The Morgan fingerprint density at radius 2 is 1.53 bits per heavy atom. The molecule has 1 heterocycles. The topological polar surface area (TPSA) is 56.3 Å². The minimum Gasteiger partial charge on any atom is -0.451 e. The number of pyridine rings is 1. The largest absolute Gasteiger partial charge is 0.451 e. The van der Waals surface area contributed by atoms with E-state index in [1.807, 2.05) is 61.5 Å². The summed E-state index contributed by atoms with van der Waals surface area (Å²) in [6, 6.07) is 22.2. The van der Waals surface area contributed by atoms with Gasteiger partial charge in [0.25, 0.3) is 0 Å². The van der Waals surface area contributed by atoms with Gasteiger partial charge < -0.3 is 4.74 Å². The molecule has 0 bridgehead atoms. The second-order valence-electron chi connectivity index (χ2n) is 7.50. The predicted molar refractivity (Wildman–Crippen MR) is 133 cm³/mol. The van der Waals surface area contributed by atoms with Crippen molar-refractivity contribution in [3.05, 3.63) is 98.4 Å². The summed E-state index contributed by atoms with van der Waals surface area (Å²) >= 11 is 6.89. The second-order valence-corrected chi connectivity index (χ2v) is 9.33. The molecule has 4 nitrogen and oxygen atoms in total. The molecule has 4 rings (SSSR count). The summed E-state index contributed by atoms with van der Waals surface area (Å²) in [5.74, 6) is -0.812. The van der Waals surface area contributed by atoms with Crippen LogP contribution < -0.4 is 0 Å². The molecule has 3 aromatic carbocycles. The summed E-state index contributed by atoms with van der Waals surface area (Å²) in [6.45, 7) is 3.54. The van der Waals surface area contributed by atoms with Crippen LogP contribution in [0.5, 0.6) is 0 Å². The van der Waals surface area contributed by atoms with Crippen molar-refractivity contribution in [1.29, 1.82) is 0 Å². The van der Waals surface area contributed by atoms with E-state index in [4.69, 9.17) is 9.72 Å². The molecule has 0 saturated carbocycles. The SMILES string of the molecule is Cc1ccc(C(=O)[C@@H](C)OC(=O)c2cc(-c3ccc(Br)cc3)nc3ccc(Br)cc23)cc1. The lowest BCUT2D eigenvalue weighted by Crippen LogP contribution is -2.24. The minimum absolute atomic E-state index is 0.244. The summed E-state index contributed by atoms with van der Waals surface area (Å²) in [7, 11) is 0. The molecule has 1 aromatic heterocycles. The van der Waals surface area contributed by atoms with Crippen LogP contribution >= 0.6 is 31.9 Å². The van der Waals surface area contributed by atoms with E-state index in [0.29, 0.717) is 27.7 Å². The molecule has 0 radical (unpaired) electrons. The predicted octanol–water partition coefficient (Wildman–Crippen LogP) is 7.16. The zero-order valence-corrected chi connectivity index (χ0v) is 20.6. The van der Waals surface area contributed by atoms with Crippen molar-refractivity contribution in [2.45, 2.75) is 20.0 Å². The van der Waals surface area contributed by atoms with Crippen LogP contribution in [0.4, 0.5) is 0 Å². The van der Waals surface area contributed by atoms with Crippen molar-refractivity contribution in [2.24, 2.45) is 0 Å². The van der Waals surface area contributed by atoms with Crippen LogP contribution in [0.1, 0.15) is 33.2 Å². The van der Waals surface area contributed by atoms with Gasteiger partial charge in [0.05, 0.1) is 16.8 Å². The maximum absolute atomic E-state index is 13.2. The molecule has 0 aliphatic rings. The summed E-state index contributed by atoms with van der Waals surface area (Å²) in [5, 5.41) is 0.653. The smallest absolute Gasteiger partial charge is 0.339 e. The van der Waals surface area contributed by atoms with Crippen molar-refractivity contribution in [2.75, 3.05) is 0 Å². The van der Waals surface area contributed by atoms with E-state index >= 15 is 0 Å². The van der Waals surface area contributed by atoms with E-state index in [1.165, 1.54) is 0 Å². The second kappa shape index (κ2) is 9.35. The summed E-state index contributed by atoms with van der Waals surface area (Å²) in [6.07, 6.45) is -0.920. The summed E-state index contributed by atoms with van der Waals surface area (Å²) in [5.41, 5.74) is 4.11. The first-order valence-corrected chi connectivity index (χ1v) is 11.6. The Balaban J connectivity index is 1.70. The number of Topliss-reactive ketones (excluding diaryl/α,β-unsaturated/α-hetero) is 1. The van der Waals surface area contributed by atoms with E-state index in [9.17, 15) is 9.59 Å². The lowest BCUT2D eigenvalue weighted by atomic mass is 10.0. The molecule has 6 heteroatoms. The molecule has 0 aliphatic heterocycles. The number of fused-ring (bicyclic) bond motifs is 1. The molecule has 0 aliphatic carbocycles. The minimum atomic E-state index is -0.920.